The number of rotatable bonds is 5. The molecule has 1 aromatic carbocycles. The van der Waals surface area contributed by atoms with Crippen molar-refractivity contribution in [3.05, 3.63) is 52.0 Å². The molecule has 2 aromatic rings. The van der Waals surface area contributed by atoms with E-state index in [1.807, 2.05) is 19.4 Å². The maximum atomic E-state index is 12.2. The second-order valence-electron chi connectivity index (χ2n) is 6.08. The van der Waals surface area contributed by atoms with Crippen LogP contribution in [-0.4, -0.2) is 49.1 Å². The van der Waals surface area contributed by atoms with E-state index in [0.29, 0.717) is 6.54 Å². The third kappa shape index (κ3) is 4.90. The Morgan fingerprint density at radius 1 is 1.32 bits per heavy atom. The SMILES string of the molecule is Cc1nc(/C=C\C(=O)N(C)Cc2ccc(N3CCOCC3)cc2)cs1. The standard InChI is InChI=1S/C19H23N3O2S/c1-15-20-17(14-25-15)5-8-19(23)21(2)13-16-3-6-18(7-4-16)22-9-11-24-12-10-22/h3-8,14H,9-13H2,1-2H3/b8-5-. The molecule has 1 aliphatic rings. The molecule has 2 heterocycles. The van der Waals surface area contributed by atoms with E-state index in [4.69, 9.17) is 4.74 Å². The summed E-state index contributed by atoms with van der Waals surface area (Å²) in [5.74, 6) is -0.0251. The van der Waals surface area contributed by atoms with Gasteiger partial charge in [0.15, 0.2) is 0 Å². The predicted molar refractivity (Wildman–Crippen MR) is 102 cm³/mol. The topological polar surface area (TPSA) is 45.7 Å². The van der Waals surface area contributed by atoms with Crippen LogP contribution in [-0.2, 0) is 16.1 Å². The fourth-order valence-corrected chi connectivity index (χ4v) is 3.31. The van der Waals surface area contributed by atoms with Gasteiger partial charge in [0, 0.05) is 43.8 Å². The van der Waals surface area contributed by atoms with Crippen LogP contribution in [0.15, 0.2) is 35.7 Å². The van der Waals surface area contributed by atoms with E-state index in [0.717, 1.165) is 42.6 Å². The molecule has 0 atom stereocenters. The summed E-state index contributed by atoms with van der Waals surface area (Å²) in [6.07, 6.45) is 3.35. The van der Waals surface area contributed by atoms with Gasteiger partial charge in [0.2, 0.25) is 5.91 Å². The lowest BCUT2D eigenvalue weighted by Crippen LogP contribution is -2.36. The molecule has 1 amide bonds. The average molecular weight is 357 g/mol. The first kappa shape index (κ1) is 17.6. The number of nitrogens with zero attached hydrogens (tertiary/aromatic N) is 3. The van der Waals surface area contributed by atoms with Gasteiger partial charge in [0.05, 0.1) is 23.9 Å². The maximum Gasteiger partial charge on any atom is 0.246 e. The summed E-state index contributed by atoms with van der Waals surface area (Å²) in [5.41, 5.74) is 3.16. The molecule has 1 saturated heterocycles. The Morgan fingerprint density at radius 3 is 2.68 bits per heavy atom. The molecule has 1 aromatic heterocycles. The molecule has 25 heavy (non-hydrogen) atoms. The van der Waals surface area contributed by atoms with Crippen molar-refractivity contribution < 1.29 is 9.53 Å². The van der Waals surface area contributed by atoms with Crippen LogP contribution in [0.3, 0.4) is 0 Å². The van der Waals surface area contributed by atoms with Crippen molar-refractivity contribution in [1.29, 1.82) is 0 Å². The molecular formula is C19H23N3O2S. The third-order valence-electron chi connectivity index (χ3n) is 4.14. The zero-order chi connectivity index (χ0) is 17.6. The van der Waals surface area contributed by atoms with Crippen LogP contribution in [0.1, 0.15) is 16.3 Å². The summed E-state index contributed by atoms with van der Waals surface area (Å²) in [5, 5.41) is 2.95. The quantitative estimate of drug-likeness (QED) is 0.772. The van der Waals surface area contributed by atoms with Gasteiger partial charge in [0.1, 0.15) is 0 Å². The number of carbonyl (C=O) groups is 1. The molecule has 0 saturated carbocycles. The summed E-state index contributed by atoms with van der Waals surface area (Å²) in [7, 11) is 1.81. The van der Waals surface area contributed by atoms with Crippen LogP contribution >= 0.6 is 11.3 Å². The number of amides is 1. The highest BCUT2D eigenvalue weighted by Gasteiger charge is 2.11. The molecule has 0 radical (unpaired) electrons. The van der Waals surface area contributed by atoms with Crippen molar-refractivity contribution in [2.45, 2.75) is 13.5 Å². The number of thiazole rings is 1. The molecule has 0 unspecified atom stereocenters. The molecule has 0 aliphatic carbocycles. The number of ether oxygens (including phenoxy) is 1. The van der Waals surface area contributed by atoms with E-state index in [9.17, 15) is 4.79 Å². The van der Waals surface area contributed by atoms with Gasteiger partial charge >= 0.3 is 0 Å². The van der Waals surface area contributed by atoms with Gasteiger partial charge in [-0.1, -0.05) is 12.1 Å². The summed E-state index contributed by atoms with van der Waals surface area (Å²) >= 11 is 1.58. The lowest BCUT2D eigenvalue weighted by molar-refractivity contribution is -0.125. The number of morpholine rings is 1. The van der Waals surface area contributed by atoms with Crippen LogP contribution < -0.4 is 4.90 Å². The third-order valence-corrected chi connectivity index (χ3v) is 4.93. The summed E-state index contributed by atoms with van der Waals surface area (Å²) in [6.45, 7) is 5.96. The number of likely N-dealkylation sites (N-methyl/N-ethyl adjacent to an activating group) is 1. The minimum Gasteiger partial charge on any atom is -0.378 e. The van der Waals surface area contributed by atoms with Gasteiger partial charge in [-0.15, -0.1) is 11.3 Å². The van der Waals surface area contributed by atoms with E-state index >= 15 is 0 Å². The van der Waals surface area contributed by atoms with Crippen molar-refractivity contribution in [2.24, 2.45) is 0 Å². The first-order valence-electron chi connectivity index (χ1n) is 8.39. The Bertz CT molecular complexity index is 733. The Balaban J connectivity index is 1.55. The molecule has 5 nitrogen and oxygen atoms in total. The molecule has 0 spiro atoms. The van der Waals surface area contributed by atoms with Gasteiger partial charge in [-0.2, -0.15) is 0 Å². The molecule has 6 heteroatoms. The van der Waals surface area contributed by atoms with Crippen molar-refractivity contribution in [1.82, 2.24) is 9.88 Å². The maximum absolute atomic E-state index is 12.2. The second-order valence-corrected chi connectivity index (χ2v) is 7.15. The predicted octanol–water partition coefficient (Wildman–Crippen LogP) is 2.96. The Hall–Kier alpha value is -2.18. The van der Waals surface area contributed by atoms with Crippen LogP contribution in [0.2, 0.25) is 0 Å². The molecule has 132 valence electrons. The van der Waals surface area contributed by atoms with Gasteiger partial charge in [-0.05, 0) is 30.7 Å². The summed E-state index contributed by atoms with van der Waals surface area (Å²) in [6, 6.07) is 8.41. The zero-order valence-corrected chi connectivity index (χ0v) is 15.5. The Morgan fingerprint density at radius 2 is 2.04 bits per heavy atom. The lowest BCUT2D eigenvalue weighted by atomic mass is 10.1. The minimum atomic E-state index is -0.0251. The van der Waals surface area contributed by atoms with Crippen LogP contribution in [0.5, 0.6) is 0 Å². The number of hydrogen-bond acceptors (Lipinski definition) is 5. The monoisotopic (exact) mass is 357 g/mol. The first-order valence-corrected chi connectivity index (χ1v) is 9.27. The smallest absolute Gasteiger partial charge is 0.246 e. The minimum absolute atomic E-state index is 0.0251. The second kappa shape index (κ2) is 8.27. The first-order chi connectivity index (χ1) is 12.1. The molecular weight excluding hydrogens is 334 g/mol. The molecule has 3 rings (SSSR count). The number of aryl methyl sites for hydroxylation is 1. The number of carbonyl (C=O) groups excluding carboxylic acids is 1. The van der Waals surface area contributed by atoms with Gasteiger partial charge in [-0.25, -0.2) is 4.98 Å². The van der Waals surface area contributed by atoms with Crippen molar-refractivity contribution >= 4 is 29.0 Å². The number of benzene rings is 1. The fraction of sp³-hybridized carbons (Fsp3) is 0.368. The normalized spacial score (nSPS) is 14.9. The van der Waals surface area contributed by atoms with E-state index in [1.165, 1.54) is 5.69 Å². The van der Waals surface area contributed by atoms with E-state index in [2.05, 4.69) is 34.1 Å². The summed E-state index contributed by atoms with van der Waals surface area (Å²) in [4.78, 5) is 20.6. The number of anilines is 1. The average Bonchev–Trinajstić information content (AvgIpc) is 3.06. The van der Waals surface area contributed by atoms with E-state index in [-0.39, 0.29) is 5.91 Å². The van der Waals surface area contributed by atoms with Gasteiger partial charge in [0.25, 0.3) is 0 Å². The van der Waals surface area contributed by atoms with Crippen LogP contribution in [0.4, 0.5) is 5.69 Å². The van der Waals surface area contributed by atoms with Crippen LogP contribution in [0.25, 0.3) is 6.08 Å². The molecule has 0 N–H and O–H groups in total. The fourth-order valence-electron chi connectivity index (χ4n) is 2.73. The van der Waals surface area contributed by atoms with Gasteiger partial charge < -0.3 is 14.5 Å². The van der Waals surface area contributed by atoms with Crippen molar-refractivity contribution in [2.75, 3.05) is 38.3 Å². The molecule has 1 fully saturated rings. The van der Waals surface area contributed by atoms with Crippen molar-refractivity contribution in [3.8, 4) is 0 Å². The largest absolute Gasteiger partial charge is 0.378 e. The summed E-state index contributed by atoms with van der Waals surface area (Å²) < 4.78 is 5.38. The van der Waals surface area contributed by atoms with Crippen LogP contribution in [0, 0.1) is 6.92 Å². The highest BCUT2D eigenvalue weighted by atomic mass is 32.1. The Labute approximate surface area is 152 Å². The highest BCUT2D eigenvalue weighted by Crippen LogP contribution is 2.17. The molecule has 1 aliphatic heterocycles. The lowest BCUT2D eigenvalue weighted by Gasteiger charge is -2.29. The highest BCUT2D eigenvalue weighted by molar-refractivity contribution is 7.09. The Kier molecular flexibility index (Phi) is 5.83. The van der Waals surface area contributed by atoms with Gasteiger partial charge in [-0.3, -0.25) is 4.79 Å². The number of hydrogen-bond donors (Lipinski definition) is 0. The zero-order valence-electron chi connectivity index (χ0n) is 14.6. The van der Waals surface area contributed by atoms with Crippen molar-refractivity contribution in [3.63, 3.8) is 0 Å². The molecule has 0 bridgehead atoms. The number of aromatic nitrogens is 1. The van der Waals surface area contributed by atoms with E-state index < -0.39 is 0 Å². The van der Waals surface area contributed by atoms with E-state index in [1.54, 1.807) is 28.4 Å².